The van der Waals surface area contributed by atoms with Crippen molar-refractivity contribution >= 4 is 5.71 Å². The number of ether oxygens (including phenoxy) is 1. The van der Waals surface area contributed by atoms with Crippen LogP contribution in [0.15, 0.2) is 76.4 Å². The van der Waals surface area contributed by atoms with E-state index in [1.807, 2.05) is 29.3 Å². The van der Waals surface area contributed by atoms with Crippen molar-refractivity contribution in [3.63, 3.8) is 0 Å². The molecule has 0 aliphatic carbocycles. The number of rotatable bonds is 2. The predicted octanol–water partition coefficient (Wildman–Crippen LogP) is 4.83. The maximum atomic E-state index is 6.22. The fraction of sp³-hybridized carbons (Fsp3) is 0.190. The second kappa shape index (κ2) is 5.52. The second-order valence-corrected chi connectivity index (χ2v) is 6.54. The molecule has 25 heavy (non-hydrogen) atoms. The van der Waals surface area contributed by atoms with E-state index < -0.39 is 0 Å². The number of furan rings is 1. The summed E-state index contributed by atoms with van der Waals surface area (Å²) in [6.45, 7) is 2.10. The highest BCUT2D eigenvalue weighted by molar-refractivity contribution is 6.02. The van der Waals surface area contributed by atoms with Crippen LogP contribution in [0.5, 0.6) is 5.75 Å². The number of hydrogen-bond donors (Lipinski definition) is 0. The van der Waals surface area contributed by atoms with Gasteiger partial charge in [0.25, 0.3) is 0 Å². The molecule has 0 bridgehead atoms. The molecule has 3 aromatic rings. The van der Waals surface area contributed by atoms with Crippen molar-refractivity contribution in [2.24, 2.45) is 5.10 Å². The van der Waals surface area contributed by atoms with E-state index in [9.17, 15) is 0 Å². The molecule has 2 aromatic carbocycles. The molecule has 4 heteroatoms. The van der Waals surface area contributed by atoms with Gasteiger partial charge in [0.05, 0.1) is 18.0 Å². The first-order chi connectivity index (χ1) is 12.3. The van der Waals surface area contributed by atoms with E-state index in [0.29, 0.717) is 0 Å². The summed E-state index contributed by atoms with van der Waals surface area (Å²) in [6, 6.07) is 20.7. The fourth-order valence-electron chi connectivity index (χ4n) is 3.57. The van der Waals surface area contributed by atoms with Gasteiger partial charge in [-0.1, -0.05) is 48.0 Å². The first-order valence-electron chi connectivity index (χ1n) is 8.51. The Morgan fingerprint density at radius 2 is 1.84 bits per heavy atom. The van der Waals surface area contributed by atoms with Gasteiger partial charge in [-0.2, -0.15) is 5.10 Å². The highest BCUT2D eigenvalue weighted by Crippen LogP contribution is 2.47. The highest BCUT2D eigenvalue weighted by Gasteiger charge is 2.41. The minimum atomic E-state index is -0.335. The van der Waals surface area contributed by atoms with E-state index >= 15 is 0 Å². The molecule has 2 aliphatic rings. The van der Waals surface area contributed by atoms with Crippen LogP contribution in [0.3, 0.4) is 0 Å². The third-order valence-corrected chi connectivity index (χ3v) is 4.87. The maximum Gasteiger partial charge on any atom is 0.246 e. The van der Waals surface area contributed by atoms with Crippen molar-refractivity contribution in [3.05, 3.63) is 89.4 Å². The lowest BCUT2D eigenvalue weighted by atomic mass is 9.96. The maximum absolute atomic E-state index is 6.22. The minimum Gasteiger partial charge on any atom is -0.463 e. The Balaban J connectivity index is 1.59. The molecular weight excluding hydrogens is 312 g/mol. The lowest BCUT2D eigenvalue weighted by Gasteiger charge is -2.36. The summed E-state index contributed by atoms with van der Waals surface area (Å²) < 4.78 is 11.8. The topological polar surface area (TPSA) is 38.0 Å². The van der Waals surface area contributed by atoms with Crippen LogP contribution in [-0.4, -0.2) is 10.7 Å². The van der Waals surface area contributed by atoms with E-state index in [4.69, 9.17) is 14.3 Å². The first kappa shape index (κ1) is 14.3. The first-order valence-corrected chi connectivity index (χ1v) is 8.51. The monoisotopic (exact) mass is 330 g/mol. The Morgan fingerprint density at radius 3 is 2.64 bits per heavy atom. The van der Waals surface area contributed by atoms with Crippen LogP contribution in [0.4, 0.5) is 0 Å². The van der Waals surface area contributed by atoms with Crippen molar-refractivity contribution < 1.29 is 9.15 Å². The summed E-state index contributed by atoms with van der Waals surface area (Å²) in [4.78, 5) is 0. The van der Waals surface area contributed by atoms with Crippen LogP contribution in [0.25, 0.3) is 0 Å². The van der Waals surface area contributed by atoms with Gasteiger partial charge in [-0.15, -0.1) is 0 Å². The molecule has 1 aromatic heterocycles. The molecule has 4 nitrogen and oxygen atoms in total. The summed E-state index contributed by atoms with van der Waals surface area (Å²) in [5.74, 6) is 1.68. The molecule has 0 saturated carbocycles. The standard InChI is InChI=1S/C21H18N2O2/c1-14-8-10-15(11-9-14)17-13-18-16-5-2-3-6-19(16)25-21(23(18)22-17)20-7-4-12-24-20/h2-12,18,21H,13H2,1H3/t18-,21+/m1/s1. The molecular formula is C21H18N2O2. The molecule has 0 amide bonds. The Labute approximate surface area is 146 Å². The molecule has 124 valence electrons. The number of hydrogen-bond acceptors (Lipinski definition) is 4. The molecule has 0 unspecified atom stereocenters. The van der Waals surface area contributed by atoms with Gasteiger partial charge in [0, 0.05) is 12.0 Å². The summed E-state index contributed by atoms with van der Waals surface area (Å²) >= 11 is 0. The zero-order valence-corrected chi connectivity index (χ0v) is 13.9. The number of hydrazone groups is 1. The fourth-order valence-corrected chi connectivity index (χ4v) is 3.57. The highest BCUT2D eigenvalue weighted by atomic mass is 16.5. The number of nitrogens with zero attached hydrogens (tertiary/aromatic N) is 2. The van der Waals surface area contributed by atoms with Crippen LogP contribution < -0.4 is 4.74 Å². The third kappa shape index (κ3) is 2.33. The number of fused-ring (bicyclic) bond motifs is 3. The van der Waals surface area contributed by atoms with Crippen molar-refractivity contribution in [3.8, 4) is 5.75 Å². The van der Waals surface area contributed by atoms with Gasteiger partial charge in [-0.25, -0.2) is 5.01 Å². The van der Waals surface area contributed by atoms with Gasteiger partial charge in [-0.3, -0.25) is 0 Å². The molecule has 0 fully saturated rings. The van der Waals surface area contributed by atoms with Gasteiger partial charge in [0.15, 0.2) is 5.76 Å². The van der Waals surface area contributed by atoms with Crippen LogP contribution in [0, 0.1) is 6.92 Å². The molecule has 2 aliphatic heterocycles. The van der Waals surface area contributed by atoms with Crippen LogP contribution in [0.2, 0.25) is 0 Å². The van der Waals surface area contributed by atoms with E-state index in [0.717, 1.165) is 29.2 Å². The number of para-hydroxylation sites is 1. The molecule has 5 rings (SSSR count). The van der Waals surface area contributed by atoms with Crippen LogP contribution >= 0.6 is 0 Å². The second-order valence-electron chi connectivity index (χ2n) is 6.54. The summed E-state index contributed by atoms with van der Waals surface area (Å²) in [5, 5.41) is 6.95. The predicted molar refractivity (Wildman–Crippen MR) is 95.4 cm³/mol. The summed E-state index contributed by atoms with van der Waals surface area (Å²) in [5.41, 5.74) is 4.68. The van der Waals surface area contributed by atoms with Crippen molar-refractivity contribution in [2.75, 3.05) is 0 Å². The molecule has 3 heterocycles. The zero-order valence-electron chi connectivity index (χ0n) is 13.9. The molecule has 0 N–H and O–H groups in total. The zero-order chi connectivity index (χ0) is 16.8. The normalized spacial score (nSPS) is 21.3. The lowest BCUT2D eigenvalue weighted by molar-refractivity contribution is -0.0325. The molecule has 0 radical (unpaired) electrons. The van der Waals surface area contributed by atoms with Crippen molar-refractivity contribution in [1.29, 1.82) is 0 Å². The van der Waals surface area contributed by atoms with Gasteiger partial charge in [0.1, 0.15) is 5.75 Å². The van der Waals surface area contributed by atoms with Crippen LogP contribution in [-0.2, 0) is 0 Å². The summed E-state index contributed by atoms with van der Waals surface area (Å²) in [7, 11) is 0. The Bertz CT molecular complexity index is 929. The van der Waals surface area contributed by atoms with Gasteiger partial charge >= 0.3 is 0 Å². The van der Waals surface area contributed by atoms with Gasteiger partial charge < -0.3 is 9.15 Å². The van der Waals surface area contributed by atoms with Crippen molar-refractivity contribution in [1.82, 2.24) is 5.01 Å². The van der Waals surface area contributed by atoms with Crippen LogP contribution in [0.1, 0.15) is 41.1 Å². The van der Waals surface area contributed by atoms with E-state index in [1.54, 1.807) is 6.26 Å². The van der Waals surface area contributed by atoms with E-state index in [-0.39, 0.29) is 12.3 Å². The average molecular weight is 330 g/mol. The van der Waals surface area contributed by atoms with Gasteiger partial charge in [-0.05, 0) is 30.7 Å². The number of benzene rings is 2. The smallest absolute Gasteiger partial charge is 0.246 e. The Kier molecular flexibility index (Phi) is 3.17. The van der Waals surface area contributed by atoms with E-state index in [1.165, 1.54) is 11.1 Å². The molecule has 0 saturated heterocycles. The largest absolute Gasteiger partial charge is 0.463 e. The Hall–Kier alpha value is -3.01. The quantitative estimate of drug-likeness (QED) is 0.675. The molecule has 0 spiro atoms. The van der Waals surface area contributed by atoms with Crippen molar-refractivity contribution in [2.45, 2.75) is 25.6 Å². The minimum absolute atomic E-state index is 0.163. The SMILES string of the molecule is Cc1ccc(C2=NN3[C@H](C2)c2ccccc2O[C@H]3c2ccco2)cc1. The van der Waals surface area contributed by atoms with E-state index in [2.05, 4.69) is 43.3 Å². The lowest BCUT2D eigenvalue weighted by Crippen LogP contribution is -2.33. The average Bonchev–Trinajstić information content (AvgIpc) is 3.32. The number of aryl methyl sites for hydroxylation is 1. The molecule has 2 atom stereocenters. The third-order valence-electron chi connectivity index (χ3n) is 4.87. The van der Waals surface area contributed by atoms with Gasteiger partial charge in [0.2, 0.25) is 6.23 Å². The summed E-state index contributed by atoms with van der Waals surface area (Å²) in [6.07, 6.45) is 2.20. The Morgan fingerprint density at radius 1 is 1.00 bits per heavy atom.